The monoisotopic (exact) mass is 745 g/mol. The Morgan fingerprint density at radius 2 is 1.81 bits per heavy atom. The molecule has 5 heterocycles. The number of phenolic OH excluding ortho intramolecular Hbond substituents is 1. The third kappa shape index (κ3) is 5.93. The van der Waals surface area contributed by atoms with Crippen molar-refractivity contribution in [3.63, 3.8) is 0 Å². The van der Waals surface area contributed by atoms with Gasteiger partial charge in [-0.3, -0.25) is 4.90 Å². The van der Waals surface area contributed by atoms with Crippen molar-refractivity contribution in [1.29, 1.82) is 0 Å². The lowest BCUT2D eigenvalue weighted by Gasteiger charge is -2.60. The minimum atomic E-state index is -1.22. The molecule has 0 bridgehead atoms. The minimum Gasteiger partial charge on any atom is -0.508 e. The number of likely N-dealkylation sites (tertiary alicyclic amines) is 1. The summed E-state index contributed by atoms with van der Waals surface area (Å²) in [6, 6.07) is 6.83. The van der Waals surface area contributed by atoms with Crippen LogP contribution in [0, 0.1) is 22.5 Å². The highest BCUT2D eigenvalue weighted by Gasteiger charge is 2.56. The Morgan fingerprint density at radius 3 is 2.57 bits per heavy atom. The van der Waals surface area contributed by atoms with Gasteiger partial charge in [0.15, 0.2) is 5.82 Å². The average molecular weight is 746 g/mol. The van der Waals surface area contributed by atoms with E-state index >= 15 is 8.78 Å². The van der Waals surface area contributed by atoms with E-state index in [-0.39, 0.29) is 58.4 Å². The topological polar surface area (TPSA) is 123 Å². The van der Waals surface area contributed by atoms with Crippen LogP contribution < -0.4 is 14.4 Å². The number of halogens is 2. The van der Waals surface area contributed by atoms with Gasteiger partial charge in [0, 0.05) is 35.0 Å². The number of pyridine rings is 1. The lowest BCUT2D eigenvalue weighted by molar-refractivity contribution is -0.196. The van der Waals surface area contributed by atoms with Gasteiger partial charge < -0.3 is 34.1 Å². The van der Waals surface area contributed by atoms with Gasteiger partial charge in [-0.25, -0.2) is 13.8 Å². The summed E-state index contributed by atoms with van der Waals surface area (Å²) >= 11 is 0. The third-order valence-electron chi connectivity index (χ3n) is 12.9. The number of phenols is 1. The highest BCUT2D eigenvalue weighted by molar-refractivity contribution is 6.03. The Balaban J connectivity index is 1.15. The van der Waals surface area contributed by atoms with E-state index in [1.165, 1.54) is 38.2 Å². The molecule has 3 saturated heterocycles. The molecule has 3 aliphatic heterocycles. The number of benzene rings is 2. The number of aryl methyl sites for hydroxylation is 1. The zero-order chi connectivity index (χ0) is 37.4. The number of rotatable bonds is 8. The van der Waals surface area contributed by atoms with Crippen molar-refractivity contribution in [1.82, 2.24) is 19.9 Å². The molecule has 5 aliphatic rings. The van der Waals surface area contributed by atoms with Crippen LogP contribution in [0.2, 0.25) is 0 Å². The molecule has 0 amide bonds. The van der Waals surface area contributed by atoms with Crippen molar-refractivity contribution in [2.45, 2.75) is 82.9 Å². The van der Waals surface area contributed by atoms with E-state index in [2.05, 4.69) is 9.88 Å². The summed E-state index contributed by atoms with van der Waals surface area (Å²) in [7, 11) is 1.44. The first-order valence-electron chi connectivity index (χ1n) is 19.4. The van der Waals surface area contributed by atoms with Crippen LogP contribution in [0.3, 0.4) is 0 Å². The van der Waals surface area contributed by atoms with Crippen LogP contribution in [0.15, 0.2) is 24.3 Å². The smallest absolute Gasteiger partial charge is 0.319 e. The number of nitrogens with zero attached hydrogens (tertiary/aromatic N) is 5. The summed E-state index contributed by atoms with van der Waals surface area (Å²) in [5, 5.41) is 23.2. The van der Waals surface area contributed by atoms with Crippen molar-refractivity contribution in [2.75, 3.05) is 64.7 Å². The van der Waals surface area contributed by atoms with Gasteiger partial charge in [-0.1, -0.05) is 19.4 Å². The van der Waals surface area contributed by atoms with Crippen molar-refractivity contribution in [3.8, 4) is 28.9 Å². The second kappa shape index (κ2) is 13.4. The average Bonchev–Trinajstić information content (AvgIpc) is 3.47. The lowest BCUT2D eigenvalue weighted by Crippen LogP contribution is -2.64. The number of hydrogen-bond acceptors (Lipinski definition) is 11. The van der Waals surface area contributed by atoms with Gasteiger partial charge in [0.05, 0.1) is 46.7 Å². The molecule has 13 heteroatoms. The number of aliphatic hydroxyl groups is 1. The molecule has 5 fully saturated rings. The van der Waals surface area contributed by atoms with Crippen molar-refractivity contribution in [2.24, 2.45) is 10.8 Å². The number of ether oxygens (including phenoxy) is 4. The molecule has 2 N–H and O–H groups in total. The molecule has 11 nitrogen and oxygen atoms in total. The SMILES string of the molecule is CCc1c(F)ccc2cc(O)cc(-c3nc(OC)c4c(N5CCOC[C@@](C)(O)C5)nc(OC[C@]56CCC[C@H]5N(C5CC7(COC7)C5)CCC6)nc4c3F)c12. The van der Waals surface area contributed by atoms with Gasteiger partial charge in [0.1, 0.15) is 39.6 Å². The van der Waals surface area contributed by atoms with Gasteiger partial charge in [0.25, 0.3) is 0 Å². The fourth-order valence-electron chi connectivity index (χ4n) is 10.3. The van der Waals surface area contributed by atoms with E-state index in [0.717, 1.165) is 51.9 Å². The summed E-state index contributed by atoms with van der Waals surface area (Å²) in [6.07, 6.45) is 8.14. The Labute approximate surface area is 313 Å². The highest BCUT2D eigenvalue weighted by atomic mass is 19.1. The first kappa shape index (κ1) is 35.8. The molecule has 2 aromatic heterocycles. The Morgan fingerprint density at radius 1 is 1.00 bits per heavy atom. The van der Waals surface area contributed by atoms with Crippen LogP contribution in [0.5, 0.6) is 17.6 Å². The molecule has 2 aromatic carbocycles. The molecule has 4 aromatic rings. The normalized spacial score (nSPS) is 27.1. The van der Waals surface area contributed by atoms with Crippen molar-refractivity contribution < 1.29 is 37.9 Å². The summed E-state index contributed by atoms with van der Waals surface area (Å²) in [6.45, 7) is 7.71. The number of aromatic hydroxyl groups is 1. The quantitative estimate of drug-likeness (QED) is 0.215. The van der Waals surface area contributed by atoms with Gasteiger partial charge in [0.2, 0.25) is 5.88 Å². The Kier molecular flexibility index (Phi) is 8.87. The first-order valence-corrected chi connectivity index (χ1v) is 19.4. The Bertz CT molecular complexity index is 2100. The second-order valence-electron chi connectivity index (χ2n) is 16.7. The number of aromatic nitrogens is 3. The summed E-state index contributed by atoms with van der Waals surface area (Å²) in [4.78, 5) is 18.9. The number of hydrogen-bond donors (Lipinski definition) is 2. The maximum Gasteiger partial charge on any atom is 0.319 e. The van der Waals surface area contributed by atoms with Gasteiger partial charge in [-0.05, 0) is 92.9 Å². The van der Waals surface area contributed by atoms with Crippen LogP contribution in [-0.2, 0) is 15.9 Å². The molecule has 54 heavy (non-hydrogen) atoms. The molecule has 2 saturated carbocycles. The highest BCUT2D eigenvalue weighted by Crippen LogP contribution is 2.55. The number of piperidine rings is 1. The van der Waals surface area contributed by atoms with Gasteiger partial charge in [-0.2, -0.15) is 9.97 Å². The fourth-order valence-corrected chi connectivity index (χ4v) is 10.3. The summed E-state index contributed by atoms with van der Waals surface area (Å²) in [5.74, 6) is -0.970. The number of anilines is 1. The molecule has 9 rings (SSSR count). The number of methoxy groups -OCH3 is 1. The molecule has 0 unspecified atom stereocenters. The molecule has 0 radical (unpaired) electrons. The zero-order valence-corrected chi connectivity index (χ0v) is 31.3. The largest absolute Gasteiger partial charge is 0.508 e. The van der Waals surface area contributed by atoms with Crippen LogP contribution in [0.1, 0.15) is 64.4 Å². The standard InChI is InChI=1S/C41H49F2N5O6/c1-4-27-29(42)9-8-24-15-26(49)16-28(31(24)27)34-33(43)35-32(37(44-34)51-3)36(47-13-14-52-20-39(2,50)19-47)46-38(45-35)54-23-41-10-5-7-30(41)48(12-6-11-41)25-17-40(18-25)21-53-22-40/h8-9,15-16,25,30,49-50H,4-7,10-14,17-23H2,1-3H3/t30-,39+,41-/m1/s1. The van der Waals surface area contributed by atoms with E-state index in [1.54, 1.807) is 13.0 Å². The van der Waals surface area contributed by atoms with Crippen LogP contribution >= 0.6 is 0 Å². The van der Waals surface area contributed by atoms with E-state index in [9.17, 15) is 10.2 Å². The maximum atomic E-state index is 17.4. The van der Waals surface area contributed by atoms with E-state index in [4.69, 9.17) is 28.9 Å². The van der Waals surface area contributed by atoms with E-state index in [0.29, 0.717) is 65.8 Å². The molecular formula is C41H49F2N5O6. The summed E-state index contributed by atoms with van der Waals surface area (Å²) < 4.78 is 56.4. The predicted molar refractivity (Wildman–Crippen MR) is 199 cm³/mol. The number of fused-ring (bicyclic) bond motifs is 3. The molecule has 1 spiro atoms. The zero-order valence-electron chi connectivity index (χ0n) is 31.3. The maximum absolute atomic E-state index is 17.4. The first-order chi connectivity index (χ1) is 26.0. The fraction of sp³-hybridized carbons (Fsp3) is 0.585. The third-order valence-corrected chi connectivity index (χ3v) is 12.9. The van der Waals surface area contributed by atoms with Crippen molar-refractivity contribution in [3.05, 3.63) is 41.5 Å². The molecule has 2 aliphatic carbocycles. The van der Waals surface area contributed by atoms with E-state index in [1.807, 2.05) is 11.8 Å². The molecule has 3 atom stereocenters. The Hall–Kier alpha value is -3.91. The molecular weight excluding hydrogens is 696 g/mol. The van der Waals surface area contributed by atoms with Crippen LogP contribution in [-0.4, -0.2) is 108 Å². The predicted octanol–water partition coefficient (Wildman–Crippen LogP) is 6.18. The second-order valence-corrected chi connectivity index (χ2v) is 16.7. The van der Waals surface area contributed by atoms with Gasteiger partial charge >= 0.3 is 6.01 Å². The summed E-state index contributed by atoms with van der Waals surface area (Å²) in [5.41, 5.74) is -0.538. The van der Waals surface area contributed by atoms with Crippen LogP contribution in [0.25, 0.3) is 32.9 Å². The van der Waals surface area contributed by atoms with Gasteiger partial charge in [-0.15, -0.1) is 0 Å². The minimum absolute atomic E-state index is 0.0211. The van der Waals surface area contributed by atoms with Crippen molar-refractivity contribution >= 4 is 27.5 Å². The van der Waals surface area contributed by atoms with Crippen LogP contribution in [0.4, 0.5) is 14.6 Å². The van der Waals surface area contributed by atoms with E-state index < -0.39 is 17.2 Å². The number of β-amino-alcohol motifs (C(OH)–C–C–N with tert-alkyl or cyclic N) is 1. The lowest BCUT2D eigenvalue weighted by atomic mass is 9.62. The molecule has 288 valence electrons.